The van der Waals surface area contributed by atoms with E-state index in [1.807, 2.05) is 0 Å². The first-order chi connectivity index (χ1) is 19.1. The molecule has 0 aromatic rings. The van der Waals surface area contributed by atoms with Crippen molar-refractivity contribution in [2.24, 2.45) is 17.8 Å². The summed E-state index contributed by atoms with van der Waals surface area (Å²) in [7, 11) is 0. The van der Waals surface area contributed by atoms with Crippen LogP contribution in [0.1, 0.15) is 141 Å². The Kier molecular flexibility index (Phi) is 19.7. The molecule has 0 aliphatic heterocycles. The van der Waals surface area contributed by atoms with Crippen LogP contribution in [-0.4, -0.2) is 43.1 Å². The second kappa shape index (κ2) is 22.6. The minimum atomic E-state index is -0.339. The van der Waals surface area contributed by atoms with E-state index in [-0.39, 0.29) is 43.6 Å². The summed E-state index contributed by atoms with van der Waals surface area (Å²) >= 11 is 3.40. The standard InChI is InChI=1S/C32H55BrO6/c33-23-13-3-8-20-30(34)37-24-29(25-38-31(35)21-11-9-18-27-14-4-1-5-15-27)26-39-32(36)22-12-10-19-28-16-6-2-7-17-28/h27-29H,1-26H2. The van der Waals surface area contributed by atoms with Crippen LogP contribution in [0, 0.1) is 17.8 Å². The highest BCUT2D eigenvalue weighted by molar-refractivity contribution is 9.09. The summed E-state index contributed by atoms with van der Waals surface area (Å²) < 4.78 is 16.5. The van der Waals surface area contributed by atoms with E-state index in [0.717, 1.165) is 62.1 Å². The van der Waals surface area contributed by atoms with Crippen LogP contribution in [0.5, 0.6) is 0 Å². The quantitative estimate of drug-likeness (QED) is 0.0558. The molecule has 6 nitrogen and oxygen atoms in total. The third-order valence-electron chi connectivity index (χ3n) is 8.39. The van der Waals surface area contributed by atoms with E-state index < -0.39 is 0 Å². The lowest BCUT2D eigenvalue weighted by Gasteiger charge is -2.21. The molecule has 0 aromatic heterocycles. The van der Waals surface area contributed by atoms with Gasteiger partial charge in [0.05, 0.1) is 5.92 Å². The number of hydrogen-bond acceptors (Lipinski definition) is 6. The fraction of sp³-hybridized carbons (Fsp3) is 0.906. The molecule has 0 radical (unpaired) electrons. The number of unbranched alkanes of at least 4 members (excludes halogenated alkanes) is 4. The lowest BCUT2D eigenvalue weighted by Crippen LogP contribution is -2.26. The van der Waals surface area contributed by atoms with Crippen LogP contribution in [0.4, 0.5) is 0 Å². The van der Waals surface area contributed by atoms with Gasteiger partial charge >= 0.3 is 17.9 Å². The molecular formula is C32H55BrO6. The van der Waals surface area contributed by atoms with E-state index >= 15 is 0 Å². The molecule has 39 heavy (non-hydrogen) atoms. The molecule has 0 amide bonds. The predicted octanol–water partition coefficient (Wildman–Crippen LogP) is 8.47. The molecular weight excluding hydrogens is 560 g/mol. The average molecular weight is 616 g/mol. The summed E-state index contributed by atoms with van der Waals surface area (Å²) in [5.74, 6) is 0.620. The maximum Gasteiger partial charge on any atom is 0.305 e. The average Bonchev–Trinajstić information content (AvgIpc) is 2.96. The van der Waals surface area contributed by atoms with E-state index in [0.29, 0.717) is 19.3 Å². The summed E-state index contributed by atoms with van der Waals surface area (Å²) in [4.78, 5) is 36.8. The van der Waals surface area contributed by atoms with E-state index in [1.54, 1.807) is 0 Å². The zero-order chi connectivity index (χ0) is 28.0. The van der Waals surface area contributed by atoms with E-state index in [4.69, 9.17) is 14.2 Å². The van der Waals surface area contributed by atoms with Crippen molar-refractivity contribution >= 4 is 33.8 Å². The van der Waals surface area contributed by atoms with Crippen LogP contribution in [0.3, 0.4) is 0 Å². The van der Waals surface area contributed by atoms with Crippen LogP contribution in [-0.2, 0) is 28.6 Å². The third kappa shape index (κ3) is 18.0. The SMILES string of the molecule is O=C(CCCCCBr)OCC(COC(=O)CCCCC1CCCCC1)COC(=O)CCCCC1CCCCC1. The highest BCUT2D eigenvalue weighted by Gasteiger charge is 2.19. The van der Waals surface area contributed by atoms with Gasteiger partial charge in [-0.15, -0.1) is 0 Å². The minimum Gasteiger partial charge on any atom is -0.465 e. The molecule has 2 rings (SSSR count). The Bertz CT molecular complexity index is 615. The fourth-order valence-electron chi connectivity index (χ4n) is 5.89. The highest BCUT2D eigenvalue weighted by Crippen LogP contribution is 2.29. The molecule has 0 aromatic carbocycles. The molecule has 0 bridgehead atoms. The molecule has 0 heterocycles. The molecule has 2 aliphatic rings. The lowest BCUT2D eigenvalue weighted by atomic mass is 9.86. The van der Waals surface area contributed by atoms with Crippen molar-refractivity contribution < 1.29 is 28.6 Å². The van der Waals surface area contributed by atoms with Gasteiger partial charge in [0.2, 0.25) is 0 Å². The minimum absolute atomic E-state index is 0.0984. The molecule has 2 aliphatic carbocycles. The number of alkyl halides is 1. The Labute approximate surface area is 246 Å². The Hall–Kier alpha value is -1.11. The normalized spacial score (nSPS) is 16.8. The topological polar surface area (TPSA) is 78.9 Å². The molecule has 226 valence electrons. The Morgan fingerprint density at radius 3 is 1.31 bits per heavy atom. The number of rotatable bonds is 21. The van der Waals surface area contributed by atoms with Crippen molar-refractivity contribution in [2.45, 2.75) is 141 Å². The number of hydrogen-bond donors (Lipinski definition) is 0. The molecule has 0 saturated heterocycles. The van der Waals surface area contributed by atoms with Crippen LogP contribution in [0.15, 0.2) is 0 Å². The molecule has 0 atom stereocenters. The second-order valence-corrected chi connectivity index (χ2v) is 12.7. The summed E-state index contributed by atoms with van der Waals surface area (Å²) in [5.41, 5.74) is 0. The van der Waals surface area contributed by atoms with Crippen molar-refractivity contribution in [3.8, 4) is 0 Å². The Balaban J connectivity index is 1.64. The maximum atomic E-state index is 12.3. The highest BCUT2D eigenvalue weighted by atomic mass is 79.9. The van der Waals surface area contributed by atoms with E-state index in [9.17, 15) is 14.4 Å². The van der Waals surface area contributed by atoms with Crippen LogP contribution < -0.4 is 0 Å². The van der Waals surface area contributed by atoms with Gasteiger partial charge in [-0.1, -0.05) is 112 Å². The van der Waals surface area contributed by atoms with Crippen molar-refractivity contribution in [1.82, 2.24) is 0 Å². The van der Waals surface area contributed by atoms with Gasteiger partial charge in [0.15, 0.2) is 0 Å². The van der Waals surface area contributed by atoms with Crippen molar-refractivity contribution in [3.63, 3.8) is 0 Å². The summed E-state index contributed by atoms with van der Waals surface area (Å²) in [6, 6.07) is 0. The van der Waals surface area contributed by atoms with Gasteiger partial charge in [-0.2, -0.15) is 0 Å². The molecule has 0 unspecified atom stereocenters. The number of ether oxygens (including phenoxy) is 3. The van der Waals surface area contributed by atoms with E-state index in [2.05, 4.69) is 15.9 Å². The molecule has 0 N–H and O–H groups in total. The number of halogens is 1. The summed E-state index contributed by atoms with van der Waals surface area (Å²) in [6.45, 7) is 0.307. The number of esters is 3. The van der Waals surface area contributed by atoms with E-state index in [1.165, 1.54) is 77.0 Å². The van der Waals surface area contributed by atoms with Crippen molar-refractivity contribution in [2.75, 3.05) is 25.2 Å². The van der Waals surface area contributed by atoms with Crippen LogP contribution in [0.25, 0.3) is 0 Å². The second-order valence-electron chi connectivity index (χ2n) is 11.9. The zero-order valence-electron chi connectivity index (χ0n) is 24.4. The fourth-order valence-corrected chi connectivity index (χ4v) is 6.29. The molecule has 2 saturated carbocycles. The molecule has 0 spiro atoms. The van der Waals surface area contributed by atoms with Gasteiger partial charge in [0.25, 0.3) is 0 Å². The first kappa shape index (κ1) is 34.1. The summed E-state index contributed by atoms with van der Waals surface area (Å²) in [5, 5.41) is 0.933. The van der Waals surface area contributed by atoms with Gasteiger partial charge in [0.1, 0.15) is 19.8 Å². The van der Waals surface area contributed by atoms with Crippen LogP contribution in [0.2, 0.25) is 0 Å². The first-order valence-electron chi connectivity index (χ1n) is 16.1. The van der Waals surface area contributed by atoms with Gasteiger partial charge in [-0.05, 0) is 37.5 Å². The third-order valence-corrected chi connectivity index (χ3v) is 8.95. The number of carbonyl (C=O) groups excluding carboxylic acids is 3. The van der Waals surface area contributed by atoms with Crippen molar-refractivity contribution in [3.05, 3.63) is 0 Å². The smallest absolute Gasteiger partial charge is 0.305 e. The molecule has 2 fully saturated rings. The van der Waals surface area contributed by atoms with Crippen LogP contribution >= 0.6 is 15.9 Å². The zero-order valence-corrected chi connectivity index (χ0v) is 26.0. The van der Waals surface area contributed by atoms with Gasteiger partial charge in [0, 0.05) is 24.6 Å². The maximum absolute atomic E-state index is 12.3. The monoisotopic (exact) mass is 614 g/mol. The lowest BCUT2D eigenvalue weighted by molar-refractivity contribution is -0.153. The van der Waals surface area contributed by atoms with Gasteiger partial charge < -0.3 is 14.2 Å². The summed E-state index contributed by atoms with van der Waals surface area (Å²) in [6.07, 6.45) is 23.7. The number of carbonyl (C=O) groups is 3. The van der Waals surface area contributed by atoms with Gasteiger partial charge in [-0.25, -0.2) is 0 Å². The first-order valence-corrected chi connectivity index (χ1v) is 17.2. The largest absolute Gasteiger partial charge is 0.465 e. The Morgan fingerprint density at radius 1 is 0.538 bits per heavy atom. The van der Waals surface area contributed by atoms with Crippen molar-refractivity contribution in [1.29, 1.82) is 0 Å². The molecule has 7 heteroatoms. The van der Waals surface area contributed by atoms with Gasteiger partial charge in [-0.3, -0.25) is 14.4 Å². The Morgan fingerprint density at radius 2 is 0.923 bits per heavy atom. The predicted molar refractivity (Wildman–Crippen MR) is 159 cm³/mol.